The zero-order valence-electron chi connectivity index (χ0n) is 47.8. The third-order valence-electron chi connectivity index (χ3n) is 14.1. The topological polar surface area (TPSA) is 78.9 Å². The van der Waals surface area contributed by atoms with Crippen LogP contribution in [0.1, 0.15) is 342 Å². The van der Waals surface area contributed by atoms with Gasteiger partial charge in [0.25, 0.3) is 0 Å². The van der Waals surface area contributed by atoms with Crippen molar-refractivity contribution in [2.24, 2.45) is 0 Å². The van der Waals surface area contributed by atoms with E-state index in [0.717, 1.165) is 77.0 Å². The van der Waals surface area contributed by atoms with Gasteiger partial charge in [-0.3, -0.25) is 14.4 Å². The minimum absolute atomic E-state index is 0.0706. The van der Waals surface area contributed by atoms with Crippen molar-refractivity contribution < 1.29 is 28.6 Å². The van der Waals surface area contributed by atoms with E-state index in [2.05, 4.69) is 57.2 Å². The molecule has 0 spiro atoms. The fraction of sp³-hybridized carbons (Fsp3) is 0.862. The highest BCUT2D eigenvalue weighted by molar-refractivity contribution is 5.71. The molecule has 416 valence electrons. The number of carbonyl (C=O) groups excluding carboxylic acids is 3. The van der Waals surface area contributed by atoms with Gasteiger partial charge in [0.05, 0.1) is 0 Å². The van der Waals surface area contributed by atoms with Gasteiger partial charge in [0.15, 0.2) is 6.10 Å². The SMILES string of the molecule is CCCCCCC/C=C\C/C=C\C/C=C\CCCCCCCCCCC(=O)OCC(COC(=O)CCCCCCCCC)OC(=O)CCCCCCCCCCCCCCCCCCCCCCCCC. The number of ether oxygens (including phenoxy) is 3. The molecule has 71 heavy (non-hydrogen) atoms. The Morgan fingerprint density at radius 3 is 0.789 bits per heavy atom. The summed E-state index contributed by atoms with van der Waals surface area (Å²) in [5, 5.41) is 0. The zero-order valence-corrected chi connectivity index (χ0v) is 47.8. The first-order chi connectivity index (χ1) is 35.0. The number of hydrogen-bond acceptors (Lipinski definition) is 6. The summed E-state index contributed by atoms with van der Waals surface area (Å²) in [5.41, 5.74) is 0. The Labute approximate surface area is 442 Å². The largest absolute Gasteiger partial charge is 0.462 e. The summed E-state index contributed by atoms with van der Waals surface area (Å²) >= 11 is 0. The summed E-state index contributed by atoms with van der Waals surface area (Å²) in [6, 6.07) is 0. The average molecular weight is 998 g/mol. The molecule has 0 saturated carbocycles. The normalized spacial score (nSPS) is 12.2. The first kappa shape index (κ1) is 68.6. The van der Waals surface area contributed by atoms with Crippen molar-refractivity contribution in [2.45, 2.75) is 348 Å². The lowest BCUT2D eigenvalue weighted by Gasteiger charge is -2.18. The zero-order chi connectivity index (χ0) is 51.4. The highest BCUT2D eigenvalue weighted by Crippen LogP contribution is 2.17. The summed E-state index contributed by atoms with van der Waals surface area (Å²) in [6.45, 7) is 6.63. The lowest BCUT2D eigenvalue weighted by Crippen LogP contribution is -2.30. The van der Waals surface area contributed by atoms with E-state index in [-0.39, 0.29) is 31.1 Å². The molecular weight excluding hydrogens is 877 g/mol. The maximum atomic E-state index is 12.9. The van der Waals surface area contributed by atoms with Gasteiger partial charge >= 0.3 is 17.9 Å². The molecule has 6 nitrogen and oxygen atoms in total. The van der Waals surface area contributed by atoms with Crippen LogP contribution in [0.2, 0.25) is 0 Å². The molecule has 0 amide bonds. The number of hydrogen-bond donors (Lipinski definition) is 0. The van der Waals surface area contributed by atoms with Gasteiger partial charge < -0.3 is 14.2 Å². The van der Waals surface area contributed by atoms with Crippen LogP contribution in [-0.4, -0.2) is 37.2 Å². The van der Waals surface area contributed by atoms with Gasteiger partial charge in [0.2, 0.25) is 0 Å². The van der Waals surface area contributed by atoms with Crippen LogP contribution in [0, 0.1) is 0 Å². The van der Waals surface area contributed by atoms with Crippen LogP contribution in [0.5, 0.6) is 0 Å². The van der Waals surface area contributed by atoms with Crippen molar-refractivity contribution in [2.75, 3.05) is 13.2 Å². The highest BCUT2D eigenvalue weighted by atomic mass is 16.6. The van der Waals surface area contributed by atoms with E-state index >= 15 is 0 Å². The van der Waals surface area contributed by atoms with Crippen LogP contribution >= 0.6 is 0 Å². The van der Waals surface area contributed by atoms with E-state index in [9.17, 15) is 14.4 Å². The predicted molar refractivity (Wildman–Crippen MR) is 307 cm³/mol. The predicted octanol–water partition coefficient (Wildman–Crippen LogP) is 21.2. The summed E-state index contributed by atoms with van der Waals surface area (Å²) in [5.74, 6) is -0.864. The van der Waals surface area contributed by atoms with E-state index in [4.69, 9.17) is 14.2 Å². The van der Waals surface area contributed by atoms with Crippen molar-refractivity contribution in [3.63, 3.8) is 0 Å². The number of esters is 3. The quantitative estimate of drug-likeness (QED) is 0.0261. The number of unbranched alkanes of at least 4 members (excludes halogenated alkanes) is 41. The van der Waals surface area contributed by atoms with Crippen LogP contribution in [0.3, 0.4) is 0 Å². The summed E-state index contributed by atoms with van der Waals surface area (Å²) < 4.78 is 16.8. The van der Waals surface area contributed by atoms with E-state index in [1.807, 2.05) is 0 Å². The minimum atomic E-state index is -0.770. The Morgan fingerprint density at radius 2 is 0.507 bits per heavy atom. The first-order valence-corrected chi connectivity index (χ1v) is 31.5. The molecule has 0 bridgehead atoms. The van der Waals surface area contributed by atoms with Gasteiger partial charge in [-0.1, -0.05) is 301 Å². The molecule has 0 aromatic carbocycles. The molecule has 0 heterocycles. The molecule has 0 aliphatic carbocycles. The molecule has 0 fully saturated rings. The second-order valence-corrected chi connectivity index (χ2v) is 21.3. The van der Waals surface area contributed by atoms with Gasteiger partial charge in [-0.2, -0.15) is 0 Å². The van der Waals surface area contributed by atoms with Gasteiger partial charge in [-0.25, -0.2) is 0 Å². The molecular formula is C65H120O6. The number of rotatable bonds is 58. The molecule has 0 rings (SSSR count). The van der Waals surface area contributed by atoms with Crippen molar-refractivity contribution >= 4 is 17.9 Å². The van der Waals surface area contributed by atoms with Gasteiger partial charge in [0, 0.05) is 19.3 Å². The Hall–Kier alpha value is -2.37. The Balaban J connectivity index is 4.12. The van der Waals surface area contributed by atoms with Crippen LogP contribution in [-0.2, 0) is 28.6 Å². The maximum absolute atomic E-state index is 12.9. The van der Waals surface area contributed by atoms with E-state index in [0.29, 0.717) is 19.3 Å². The van der Waals surface area contributed by atoms with Crippen molar-refractivity contribution in [1.82, 2.24) is 0 Å². The second kappa shape index (κ2) is 60.2. The Bertz CT molecular complexity index is 1190. The summed E-state index contributed by atoms with van der Waals surface area (Å²) in [6.07, 6.45) is 73.2. The molecule has 0 aliphatic rings. The molecule has 0 aliphatic heterocycles. The monoisotopic (exact) mass is 997 g/mol. The van der Waals surface area contributed by atoms with Crippen LogP contribution in [0.4, 0.5) is 0 Å². The van der Waals surface area contributed by atoms with Crippen LogP contribution in [0.25, 0.3) is 0 Å². The lowest BCUT2D eigenvalue weighted by molar-refractivity contribution is -0.167. The third-order valence-corrected chi connectivity index (χ3v) is 14.1. The molecule has 0 radical (unpaired) electrons. The van der Waals surface area contributed by atoms with E-state index in [1.165, 1.54) is 225 Å². The number of allylic oxidation sites excluding steroid dienone is 6. The maximum Gasteiger partial charge on any atom is 0.306 e. The van der Waals surface area contributed by atoms with Crippen molar-refractivity contribution in [1.29, 1.82) is 0 Å². The van der Waals surface area contributed by atoms with E-state index < -0.39 is 6.10 Å². The van der Waals surface area contributed by atoms with Crippen molar-refractivity contribution in [3.8, 4) is 0 Å². The molecule has 0 saturated heterocycles. The molecule has 1 atom stereocenters. The minimum Gasteiger partial charge on any atom is -0.462 e. The molecule has 1 unspecified atom stereocenters. The van der Waals surface area contributed by atoms with Gasteiger partial charge in [-0.05, 0) is 57.8 Å². The average Bonchev–Trinajstić information content (AvgIpc) is 3.37. The second-order valence-electron chi connectivity index (χ2n) is 21.3. The highest BCUT2D eigenvalue weighted by Gasteiger charge is 2.19. The molecule has 0 aromatic rings. The number of carbonyl (C=O) groups is 3. The fourth-order valence-corrected chi connectivity index (χ4v) is 9.39. The Morgan fingerprint density at radius 1 is 0.282 bits per heavy atom. The van der Waals surface area contributed by atoms with Gasteiger partial charge in [-0.15, -0.1) is 0 Å². The third kappa shape index (κ3) is 58.4. The van der Waals surface area contributed by atoms with Crippen LogP contribution < -0.4 is 0 Å². The lowest BCUT2D eigenvalue weighted by atomic mass is 10.0. The molecule has 0 N–H and O–H groups in total. The summed E-state index contributed by atoms with van der Waals surface area (Å²) in [7, 11) is 0. The molecule has 0 aromatic heterocycles. The standard InChI is InChI=1S/C65H120O6/c1-4-7-10-13-16-18-20-22-24-26-28-30-32-34-36-38-40-42-44-46-49-52-55-58-64(67)70-61-62(60-69-63(66)57-54-51-48-15-12-9-6-3)71-65(68)59-56-53-50-47-45-43-41-39-37-35-33-31-29-27-25-23-21-19-17-14-11-8-5-2/h20,22,26,28,32,34,62H,4-19,21,23-25,27,29-31,33,35-61H2,1-3H3/b22-20-,28-26-,34-32-. The van der Waals surface area contributed by atoms with Crippen LogP contribution in [0.15, 0.2) is 36.5 Å². The Kier molecular flexibility index (Phi) is 58.2. The first-order valence-electron chi connectivity index (χ1n) is 31.5. The molecule has 6 heteroatoms. The van der Waals surface area contributed by atoms with E-state index in [1.54, 1.807) is 0 Å². The van der Waals surface area contributed by atoms with Crippen molar-refractivity contribution in [3.05, 3.63) is 36.5 Å². The summed E-state index contributed by atoms with van der Waals surface area (Å²) in [4.78, 5) is 38.0. The van der Waals surface area contributed by atoms with Gasteiger partial charge in [0.1, 0.15) is 13.2 Å². The fourth-order valence-electron chi connectivity index (χ4n) is 9.39. The smallest absolute Gasteiger partial charge is 0.306 e.